The van der Waals surface area contributed by atoms with Gasteiger partial charge in [-0.25, -0.2) is 4.79 Å². The quantitative estimate of drug-likeness (QED) is 0.812. The molecule has 0 saturated carbocycles. The Labute approximate surface area is 129 Å². The Morgan fingerprint density at radius 2 is 2.00 bits per heavy atom. The van der Waals surface area contributed by atoms with Crippen molar-refractivity contribution in [2.75, 3.05) is 19.6 Å². The Bertz CT molecular complexity index is 586. The number of carbonyl (C=O) groups excluding carboxylic acids is 3. The molecule has 1 N–H and O–H groups in total. The molecule has 1 aromatic heterocycles. The van der Waals surface area contributed by atoms with E-state index in [2.05, 4.69) is 10.3 Å². The van der Waals surface area contributed by atoms with Crippen LogP contribution in [0, 0.1) is 0 Å². The molecule has 7 nitrogen and oxygen atoms in total. The maximum Gasteiger partial charge on any atom is 0.325 e. The summed E-state index contributed by atoms with van der Waals surface area (Å²) in [4.78, 5) is 43.5. The summed E-state index contributed by atoms with van der Waals surface area (Å²) < 4.78 is 0. The van der Waals surface area contributed by atoms with Crippen molar-refractivity contribution in [3.05, 3.63) is 30.1 Å². The number of amides is 4. The van der Waals surface area contributed by atoms with Crippen LogP contribution >= 0.6 is 0 Å². The molecule has 2 heterocycles. The van der Waals surface area contributed by atoms with Gasteiger partial charge in [0.05, 0.1) is 5.69 Å². The van der Waals surface area contributed by atoms with Gasteiger partial charge in [0.15, 0.2) is 5.54 Å². The fourth-order valence-corrected chi connectivity index (χ4v) is 2.48. The van der Waals surface area contributed by atoms with Crippen molar-refractivity contribution in [3.8, 4) is 0 Å². The number of urea groups is 1. The van der Waals surface area contributed by atoms with E-state index in [0.29, 0.717) is 18.8 Å². The van der Waals surface area contributed by atoms with E-state index in [0.717, 1.165) is 4.90 Å². The maximum atomic E-state index is 12.6. The molecular formula is C15H20N4O3. The van der Waals surface area contributed by atoms with E-state index in [-0.39, 0.29) is 12.5 Å². The third-order valence-electron chi connectivity index (χ3n) is 3.86. The fraction of sp³-hybridized carbons (Fsp3) is 0.467. The van der Waals surface area contributed by atoms with Gasteiger partial charge in [-0.15, -0.1) is 0 Å². The molecule has 1 atom stereocenters. The van der Waals surface area contributed by atoms with E-state index in [9.17, 15) is 14.4 Å². The van der Waals surface area contributed by atoms with E-state index < -0.39 is 17.5 Å². The summed E-state index contributed by atoms with van der Waals surface area (Å²) in [6.45, 7) is 6.12. The Morgan fingerprint density at radius 3 is 2.55 bits per heavy atom. The molecule has 1 aliphatic heterocycles. The predicted octanol–water partition coefficient (Wildman–Crippen LogP) is 0.717. The smallest absolute Gasteiger partial charge is 0.325 e. The van der Waals surface area contributed by atoms with Crippen LogP contribution < -0.4 is 5.32 Å². The second-order valence-corrected chi connectivity index (χ2v) is 5.23. The van der Waals surface area contributed by atoms with Crippen LogP contribution in [0.25, 0.3) is 0 Å². The number of imide groups is 1. The fourth-order valence-electron chi connectivity index (χ4n) is 2.48. The van der Waals surface area contributed by atoms with E-state index in [1.807, 2.05) is 13.8 Å². The van der Waals surface area contributed by atoms with Gasteiger partial charge in [0.1, 0.15) is 6.54 Å². The highest BCUT2D eigenvalue weighted by Crippen LogP contribution is 2.27. The molecule has 118 valence electrons. The molecule has 1 aliphatic rings. The first-order valence-electron chi connectivity index (χ1n) is 7.27. The largest absolute Gasteiger partial charge is 0.342 e. The Balaban J connectivity index is 2.21. The molecule has 7 heteroatoms. The zero-order valence-corrected chi connectivity index (χ0v) is 13.0. The first-order valence-corrected chi connectivity index (χ1v) is 7.27. The lowest BCUT2D eigenvalue weighted by Crippen LogP contribution is -2.44. The van der Waals surface area contributed by atoms with Crippen LogP contribution in [0.4, 0.5) is 4.79 Å². The first-order chi connectivity index (χ1) is 10.4. The van der Waals surface area contributed by atoms with Crippen LogP contribution in [0.3, 0.4) is 0 Å². The van der Waals surface area contributed by atoms with Crippen molar-refractivity contribution in [2.24, 2.45) is 0 Å². The van der Waals surface area contributed by atoms with E-state index in [1.54, 1.807) is 36.2 Å². The van der Waals surface area contributed by atoms with Crippen molar-refractivity contribution in [3.63, 3.8) is 0 Å². The molecule has 1 aromatic rings. The van der Waals surface area contributed by atoms with Crippen molar-refractivity contribution < 1.29 is 14.4 Å². The maximum absolute atomic E-state index is 12.6. The summed E-state index contributed by atoms with van der Waals surface area (Å²) in [5, 5.41) is 2.63. The molecule has 0 spiro atoms. The van der Waals surface area contributed by atoms with Crippen LogP contribution in [0.5, 0.6) is 0 Å². The monoisotopic (exact) mass is 304 g/mol. The molecule has 1 unspecified atom stereocenters. The topological polar surface area (TPSA) is 82.6 Å². The number of carbonyl (C=O) groups is 3. The molecule has 22 heavy (non-hydrogen) atoms. The van der Waals surface area contributed by atoms with Crippen LogP contribution in [0.1, 0.15) is 26.5 Å². The predicted molar refractivity (Wildman–Crippen MR) is 79.8 cm³/mol. The molecule has 2 rings (SSSR count). The molecule has 0 bridgehead atoms. The number of nitrogens with zero attached hydrogens (tertiary/aromatic N) is 3. The van der Waals surface area contributed by atoms with Crippen molar-refractivity contribution in [1.29, 1.82) is 0 Å². The first kappa shape index (κ1) is 15.9. The Hall–Kier alpha value is -2.44. The van der Waals surface area contributed by atoms with Gasteiger partial charge >= 0.3 is 6.03 Å². The average molecular weight is 304 g/mol. The number of hydrogen-bond acceptors (Lipinski definition) is 4. The van der Waals surface area contributed by atoms with Gasteiger partial charge in [-0.05, 0) is 32.9 Å². The summed E-state index contributed by atoms with van der Waals surface area (Å²) in [6.07, 6.45) is 1.56. The van der Waals surface area contributed by atoms with Crippen molar-refractivity contribution >= 4 is 17.8 Å². The summed E-state index contributed by atoms with van der Waals surface area (Å²) in [6, 6.07) is 4.58. The number of hydrogen-bond donors (Lipinski definition) is 1. The average Bonchev–Trinajstić information content (AvgIpc) is 2.74. The molecule has 0 radical (unpaired) electrons. The normalized spacial score (nSPS) is 21.0. The minimum absolute atomic E-state index is 0.251. The lowest BCUT2D eigenvalue weighted by atomic mass is 9.97. The van der Waals surface area contributed by atoms with E-state index in [4.69, 9.17) is 0 Å². The molecular weight excluding hydrogens is 284 g/mol. The minimum atomic E-state index is -1.23. The van der Waals surface area contributed by atoms with Gasteiger partial charge < -0.3 is 10.2 Å². The van der Waals surface area contributed by atoms with Crippen molar-refractivity contribution in [2.45, 2.75) is 26.3 Å². The molecule has 4 amide bonds. The van der Waals surface area contributed by atoms with Gasteiger partial charge in [-0.3, -0.25) is 19.5 Å². The lowest BCUT2D eigenvalue weighted by molar-refractivity contribution is -0.138. The van der Waals surface area contributed by atoms with Crippen LogP contribution in [0.15, 0.2) is 24.4 Å². The summed E-state index contributed by atoms with van der Waals surface area (Å²) >= 11 is 0. The second-order valence-electron chi connectivity index (χ2n) is 5.23. The van der Waals surface area contributed by atoms with Crippen molar-refractivity contribution in [1.82, 2.24) is 20.1 Å². The van der Waals surface area contributed by atoms with Crippen LogP contribution in [-0.4, -0.2) is 52.3 Å². The second kappa shape index (κ2) is 6.13. The summed E-state index contributed by atoms with van der Waals surface area (Å²) in [7, 11) is 0. The van der Waals surface area contributed by atoms with Crippen LogP contribution in [0.2, 0.25) is 0 Å². The summed E-state index contributed by atoms with van der Waals surface area (Å²) in [5.41, 5.74) is -0.784. The SMILES string of the molecule is CCN(CC)C(=O)CN1C(=O)NC(C)(c2ccccn2)C1=O. The Morgan fingerprint density at radius 1 is 1.32 bits per heavy atom. The number of rotatable bonds is 5. The van der Waals surface area contributed by atoms with E-state index >= 15 is 0 Å². The molecule has 1 saturated heterocycles. The van der Waals surface area contributed by atoms with Gasteiger partial charge in [-0.2, -0.15) is 0 Å². The van der Waals surface area contributed by atoms with E-state index in [1.165, 1.54) is 0 Å². The highest BCUT2D eigenvalue weighted by atomic mass is 16.2. The van der Waals surface area contributed by atoms with Crippen LogP contribution in [-0.2, 0) is 15.1 Å². The summed E-state index contributed by atoms with van der Waals surface area (Å²) in [5.74, 6) is -0.713. The minimum Gasteiger partial charge on any atom is -0.342 e. The lowest BCUT2D eigenvalue weighted by Gasteiger charge is -2.23. The standard InChI is InChI=1S/C15H20N4O3/c1-4-18(5-2)12(20)10-19-13(21)15(3,17-14(19)22)11-8-6-7-9-16-11/h6-9H,4-5,10H2,1-3H3,(H,17,22). The molecule has 1 fully saturated rings. The Kier molecular flexibility index (Phi) is 4.44. The van der Waals surface area contributed by atoms with Gasteiger partial charge in [0.25, 0.3) is 5.91 Å². The van der Waals surface area contributed by atoms with Gasteiger partial charge in [0.2, 0.25) is 5.91 Å². The highest BCUT2D eigenvalue weighted by molar-refractivity contribution is 6.08. The zero-order valence-electron chi connectivity index (χ0n) is 13.0. The molecule has 0 aliphatic carbocycles. The third-order valence-corrected chi connectivity index (χ3v) is 3.86. The van der Waals surface area contributed by atoms with Gasteiger partial charge in [-0.1, -0.05) is 6.07 Å². The van der Waals surface area contributed by atoms with Gasteiger partial charge in [0, 0.05) is 19.3 Å². The third kappa shape index (κ3) is 2.66. The number of pyridine rings is 1. The molecule has 0 aromatic carbocycles. The number of nitrogens with one attached hydrogen (secondary N) is 1. The zero-order chi connectivity index (χ0) is 16.3. The number of aromatic nitrogens is 1. The number of likely N-dealkylation sites (N-methyl/N-ethyl adjacent to an activating group) is 1. The highest BCUT2D eigenvalue weighted by Gasteiger charge is 2.50.